The highest BCUT2D eigenvalue weighted by Gasteiger charge is 2.28. The Bertz CT molecular complexity index is 1090. The number of halogens is 4. The molecule has 6 nitrogen and oxygen atoms in total. The largest absolute Gasteiger partial charge is 0.393 e. The Morgan fingerprint density at radius 2 is 1.55 bits per heavy atom. The fraction of sp³-hybridized carbons (Fsp3) is 0.350. The normalized spacial score (nSPS) is 19.3. The molecular formula is C20H20F4N2O4S. The summed E-state index contributed by atoms with van der Waals surface area (Å²) in [6, 6.07) is 2.32. The van der Waals surface area contributed by atoms with Crippen molar-refractivity contribution in [2.24, 2.45) is 0 Å². The SMILES string of the molecule is Cc1cc(F)c(S(=O)(=O)NC2CCC(O)CC2)cc1C(=O)Nc1cc(F)c(F)c(F)c1. The minimum Gasteiger partial charge on any atom is -0.393 e. The number of aliphatic hydroxyl groups is 1. The van der Waals surface area contributed by atoms with Crippen molar-refractivity contribution in [2.75, 3.05) is 5.32 Å². The number of aliphatic hydroxyl groups excluding tert-OH is 1. The van der Waals surface area contributed by atoms with Gasteiger partial charge in [0.1, 0.15) is 10.7 Å². The zero-order valence-electron chi connectivity index (χ0n) is 16.4. The highest BCUT2D eigenvalue weighted by atomic mass is 32.2. The van der Waals surface area contributed by atoms with E-state index in [2.05, 4.69) is 10.0 Å². The quantitative estimate of drug-likeness (QED) is 0.471. The zero-order valence-corrected chi connectivity index (χ0v) is 17.2. The molecule has 3 rings (SSSR count). The molecule has 0 spiro atoms. The Hall–Kier alpha value is -2.50. The molecule has 2 aromatic rings. The number of aryl methyl sites for hydroxylation is 1. The van der Waals surface area contributed by atoms with Crippen LogP contribution in [0.5, 0.6) is 0 Å². The van der Waals surface area contributed by atoms with E-state index in [1.165, 1.54) is 6.92 Å². The summed E-state index contributed by atoms with van der Waals surface area (Å²) in [5.41, 5.74) is -0.558. The molecule has 0 bridgehead atoms. The van der Waals surface area contributed by atoms with Gasteiger partial charge in [-0.25, -0.2) is 30.7 Å². The van der Waals surface area contributed by atoms with Gasteiger partial charge in [0.05, 0.1) is 6.10 Å². The van der Waals surface area contributed by atoms with Crippen molar-refractivity contribution in [1.29, 1.82) is 0 Å². The molecule has 0 radical (unpaired) electrons. The molecule has 0 heterocycles. The van der Waals surface area contributed by atoms with Gasteiger partial charge in [0.25, 0.3) is 5.91 Å². The highest BCUT2D eigenvalue weighted by Crippen LogP contribution is 2.25. The number of nitrogens with one attached hydrogen (secondary N) is 2. The van der Waals surface area contributed by atoms with Crippen molar-refractivity contribution in [1.82, 2.24) is 4.72 Å². The summed E-state index contributed by atoms with van der Waals surface area (Å²) in [6.07, 6.45) is 1.06. The van der Waals surface area contributed by atoms with Crippen LogP contribution in [0, 0.1) is 30.2 Å². The number of rotatable bonds is 5. The van der Waals surface area contributed by atoms with Gasteiger partial charge < -0.3 is 10.4 Å². The summed E-state index contributed by atoms with van der Waals surface area (Å²) >= 11 is 0. The van der Waals surface area contributed by atoms with Gasteiger partial charge in [-0.2, -0.15) is 0 Å². The van der Waals surface area contributed by atoms with Gasteiger partial charge in [0.15, 0.2) is 17.5 Å². The lowest BCUT2D eigenvalue weighted by Gasteiger charge is -2.26. The van der Waals surface area contributed by atoms with E-state index in [9.17, 15) is 35.9 Å². The third kappa shape index (κ3) is 5.23. The number of carbonyl (C=O) groups excluding carboxylic acids is 1. The fourth-order valence-corrected chi connectivity index (χ4v) is 4.80. The average Bonchev–Trinajstić information content (AvgIpc) is 2.67. The summed E-state index contributed by atoms with van der Waals surface area (Å²) in [5, 5.41) is 11.7. The van der Waals surface area contributed by atoms with Gasteiger partial charge in [-0.05, 0) is 50.3 Å². The van der Waals surface area contributed by atoms with Crippen LogP contribution in [-0.2, 0) is 10.0 Å². The molecule has 3 N–H and O–H groups in total. The van der Waals surface area contributed by atoms with E-state index in [-0.39, 0.29) is 11.1 Å². The summed E-state index contributed by atoms with van der Waals surface area (Å²) in [5.74, 6) is -6.77. The zero-order chi connectivity index (χ0) is 22.9. The van der Waals surface area contributed by atoms with E-state index in [0.29, 0.717) is 37.8 Å². The van der Waals surface area contributed by atoms with Crippen LogP contribution in [0.4, 0.5) is 23.2 Å². The monoisotopic (exact) mass is 460 g/mol. The maximum atomic E-state index is 14.5. The van der Waals surface area contributed by atoms with Crippen LogP contribution in [0.1, 0.15) is 41.6 Å². The molecular weight excluding hydrogens is 440 g/mol. The average molecular weight is 460 g/mol. The fourth-order valence-electron chi connectivity index (χ4n) is 3.41. The van der Waals surface area contributed by atoms with Crippen LogP contribution in [0.2, 0.25) is 0 Å². The number of hydrogen-bond donors (Lipinski definition) is 3. The first-order chi connectivity index (χ1) is 14.5. The molecule has 168 valence electrons. The summed E-state index contributed by atoms with van der Waals surface area (Å²) < 4.78 is 82.0. The number of hydrogen-bond acceptors (Lipinski definition) is 4. The van der Waals surface area contributed by atoms with E-state index in [4.69, 9.17) is 0 Å². The molecule has 0 unspecified atom stereocenters. The third-order valence-corrected chi connectivity index (χ3v) is 6.61. The topological polar surface area (TPSA) is 95.5 Å². The third-order valence-electron chi connectivity index (χ3n) is 5.07. The van der Waals surface area contributed by atoms with Crippen LogP contribution in [0.3, 0.4) is 0 Å². The van der Waals surface area contributed by atoms with Crippen molar-refractivity contribution < 1.29 is 35.9 Å². The molecule has 11 heteroatoms. The molecule has 0 atom stereocenters. The van der Waals surface area contributed by atoms with Crippen molar-refractivity contribution in [3.63, 3.8) is 0 Å². The molecule has 31 heavy (non-hydrogen) atoms. The first-order valence-corrected chi connectivity index (χ1v) is 10.9. The van der Waals surface area contributed by atoms with E-state index in [1.807, 2.05) is 0 Å². The van der Waals surface area contributed by atoms with Gasteiger partial charge in [0.2, 0.25) is 10.0 Å². The van der Waals surface area contributed by atoms with E-state index < -0.39 is 61.9 Å². The molecule has 1 aliphatic carbocycles. The maximum Gasteiger partial charge on any atom is 0.255 e. The molecule has 1 aliphatic rings. The van der Waals surface area contributed by atoms with Crippen molar-refractivity contribution in [3.05, 3.63) is 58.7 Å². The summed E-state index contributed by atoms with van der Waals surface area (Å²) in [4.78, 5) is 11.8. The van der Waals surface area contributed by atoms with Crippen molar-refractivity contribution >= 4 is 21.6 Å². The Kier molecular flexibility index (Phi) is 6.68. The number of carbonyl (C=O) groups is 1. The Morgan fingerprint density at radius 1 is 0.968 bits per heavy atom. The number of amides is 1. The van der Waals surface area contributed by atoms with Gasteiger partial charge in [-0.3, -0.25) is 4.79 Å². The molecule has 0 aliphatic heterocycles. The first-order valence-electron chi connectivity index (χ1n) is 9.44. The van der Waals surface area contributed by atoms with E-state index in [0.717, 1.165) is 12.1 Å². The van der Waals surface area contributed by atoms with E-state index >= 15 is 0 Å². The minimum absolute atomic E-state index is 0.0813. The first kappa shape index (κ1) is 23.2. The predicted octanol–water partition coefficient (Wildman–Crippen LogP) is 3.39. The van der Waals surface area contributed by atoms with Gasteiger partial charge in [-0.15, -0.1) is 0 Å². The van der Waals surface area contributed by atoms with Crippen molar-refractivity contribution in [3.8, 4) is 0 Å². The lowest BCUT2D eigenvalue weighted by Crippen LogP contribution is -2.39. The molecule has 0 saturated heterocycles. The number of sulfonamides is 1. The van der Waals surface area contributed by atoms with Gasteiger partial charge in [-0.1, -0.05) is 0 Å². The second-order valence-corrected chi connectivity index (χ2v) is 9.11. The van der Waals surface area contributed by atoms with Crippen LogP contribution >= 0.6 is 0 Å². The predicted molar refractivity (Wildman–Crippen MR) is 104 cm³/mol. The molecule has 1 fully saturated rings. The molecule has 1 amide bonds. The summed E-state index contributed by atoms with van der Waals surface area (Å²) in [7, 11) is -4.33. The number of benzene rings is 2. The lowest BCUT2D eigenvalue weighted by molar-refractivity contribution is 0.102. The second-order valence-electron chi connectivity index (χ2n) is 7.43. The Labute approximate surface area is 176 Å². The standard InChI is InChI=1S/C20H20F4N2O4S/c1-10-6-15(21)18(31(29,30)26-11-2-4-13(27)5-3-11)9-14(10)20(28)25-12-7-16(22)19(24)17(23)8-12/h6-9,11,13,26-27H,2-5H2,1H3,(H,25,28). The lowest BCUT2D eigenvalue weighted by atomic mass is 9.94. The Morgan fingerprint density at radius 3 is 2.13 bits per heavy atom. The van der Waals surface area contributed by atoms with Gasteiger partial charge >= 0.3 is 0 Å². The van der Waals surface area contributed by atoms with Crippen molar-refractivity contribution in [2.45, 2.75) is 49.6 Å². The maximum absolute atomic E-state index is 14.5. The second kappa shape index (κ2) is 8.93. The summed E-state index contributed by atoms with van der Waals surface area (Å²) in [6.45, 7) is 1.36. The minimum atomic E-state index is -4.33. The van der Waals surface area contributed by atoms with Crippen LogP contribution in [0.25, 0.3) is 0 Å². The van der Waals surface area contributed by atoms with Crippen LogP contribution < -0.4 is 10.0 Å². The van der Waals surface area contributed by atoms with Crippen LogP contribution in [0.15, 0.2) is 29.2 Å². The van der Waals surface area contributed by atoms with Gasteiger partial charge in [0, 0.05) is 29.4 Å². The smallest absolute Gasteiger partial charge is 0.255 e. The highest BCUT2D eigenvalue weighted by molar-refractivity contribution is 7.89. The number of anilines is 1. The van der Waals surface area contributed by atoms with Crippen LogP contribution in [-0.4, -0.2) is 31.6 Å². The Balaban J connectivity index is 1.87. The molecule has 1 saturated carbocycles. The van der Waals surface area contributed by atoms with E-state index in [1.54, 1.807) is 0 Å². The molecule has 2 aromatic carbocycles. The molecule has 0 aromatic heterocycles.